The van der Waals surface area contributed by atoms with Gasteiger partial charge in [0.15, 0.2) is 5.13 Å². The van der Waals surface area contributed by atoms with Crippen LogP contribution in [0.3, 0.4) is 0 Å². The van der Waals surface area contributed by atoms with Gasteiger partial charge in [0, 0.05) is 5.92 Å². The summed E-state index contributed by atoms with van der Waals surface area (Å²) in [5, 5.41) is 13.0. The van der Waals surface area contributed by atoms with Crippen LogP contribution < -0.4 is 5.32 Å². The molecule has 0 aliphatic rings. The zero-order chi connectivity index (χ0) is 10.7. The Morgan fingerprint density at radius 3 is 2.79 bits per heavy atom. The van der Waals surface area contributed by atoms with Crippen molar-refractivity contribution in [2.45, 2.75) is 13.8 Å². The molecule has 1 aromatic heterocycles. The fourth-order valence-corrected chi connectivity index (χ4v) is 1.29. The van der Waals surface area contributed by atoms with E-state index in [0.717, 1.165) is 17.5 Å². The minimum absolute atomic E-state index is 0.0796. The Bertz CT molecular complexity index is 361. The van der Waals surface area contributed by atoms with Crippen molar-refractivity contribution in [2.75, 3.05) is 5.32 Å². The molecule has 1 N–H and O–H groups in total. The Kier molecular flexibility index (Phi) is 3.13. The molecule has 1 rings (SSSR count). The van der Waals surface area contributed by atoms with E-state index < -0.39 is 4.92 Å². The van der Waals surface area contributed by atoms with Crippen LogP contribution in [0.2, 0.25) is 0 Å². The summed E-state index contributed by atoms with van der Waals surface area (Å²) in [7, 11) is 0. The lowest BCUT2D eigenvalue weighted by Gasteiger charge is -2.02. The second-order valence-corrected chi connectivity index (χ2v) is 3.91. The molecular weight excluding hydrogens is 206 g/mol. The highest BCUT2D eigenvalue weighted by Gasteiger charge is 2.14. The first-order valence-electron chi connectivity index (χ1n) is 3.91. The second kappa shape index (κ2) is 4.14. The molecule has 1 amide bonds. The lowest BCUT2D eigenvalue weighted by molar-refractivity contribution is -0.380. The van der Waals surface area contributed by atoms with Crippen LogP contribution in [0.5, 0.6) is 0 Å². The van der Waals surface area contributed by atoms with Crippen molar-refractivity contribution in [1.29, 1.82) is 0 Å². The van der Waals surface area contributed by atoms with Crippen LogP contribution in [0, 0.1) is 16.0 Å². The first kappa shape index (κ1) is 10.6. The maximum absolute atomic E-state index is 11.2. The van der Waals surface area contributed by atoms with E-state index >= 15 is 0 Å². The van der Waals surface area contributed by atoms with Crippen LogP contribution in [0.4, 0.5) is 10.1 Å². The number of nitro groups is 1. The number of anilines is 1. The molecule has 0 unspecified atom stereocenters. The van der Waals surface area contributed by atoms with Crippen LogP contribution in [-0.2, 0) is 4.79 Å². The van der Waals surface area contributed by atoms with E-state index in [9.17, 15) is 14.9 Å². The van der Waals surface area contributed by atoms with Crippen molar-refractivity contribution in [3.05, 3.63) is 16.3 Å². The second-order valence-electron chi connectivity index (χ2n) is 2.90. The van der Waals surface area contributed by atoms with Gasteiger partial charge in [-0.1, -0.05) is 13.8 Å². The quantitative estimate of drug-likeness (QED) is 0.613. The minimum atomic E-state index is -0.539. The molecule has 0 saturated heterocycles. The van der Waals surface area contributed by atoms with Gasteiger partial charge in [-0.3, -0.25) is 14.9 Å². The molecule has 76 valence electrons. The average molecular weight is 215 g/mol. The van der Waals surface area contributed by atoms with Gasteiger partial charge < -0.3 is 5.32 Å². The first-order chi connectivity index (χ1) is 6.50. The van der Waals surface area contributed by atoms with Crippen molar-refractivity contribution >= 4 is 27.4 Å². The van der Waals surface area contributed by atoms with Crippen molar-refractivity contribution < 1.29 is 9.72 Å². The number of hydrogen-bond donors (Lipinski definition) is 1. The molecule has 0 fully saturated rings. The number of amides is 1. The van der Waals surface area contributed by atoms with Crippen LogP contribution in [0.15, 0.2) is 6.20 Å². The van der Waals surface area contributed by atoms with E-state index in [-0.39, 0.29) is 22.0 Å². The summed E-state index contributed by atoms with van der Waals surface area (Å²) in [5.41, 5.74) is 0. The first-order valence-corrected chi connectivity index (χ1v) is 4.73. The number of nitrogens with one attached hydrogen (secondary N) is 1. The van der Waals surface area contributed by atoms with Gasteiger partial charge in [-0.25, -0.2) is 4.98 Å². The molecule has 0 aliphatic carbocycles. The predicted octanol–water partition coefficient (Wildman–Crippen LogP) is 1.65. The number of thiazole rings is 1. The van der Waals surface area contributed by atoms with E-state index in [1.165, 1.54) is 0 Å². The molecule has 0 aromatic carbocycles. The van der Waals surface area contributed by atoms with Crippen LogP contribution in [-0.4, -0.2) is 15.8 Å². The van der Waals surface area contributed by atoms with Crippen LogP contribution >= 0.6 is 11.3 Å². The van der Waals surface area contributed by atoms with Gasteiger partial charge in [0.25, 0.3) is 0 Å². The zero-order valence-electron chi connectivity index (χ0n) is 7.68. The van der Waals surface area contributed by atoms with Crippen LogP contribution in [0.25, 0.3) is 0 Å². The highest BCUT2D eigenvalue weighted by Crippen LogP contribution is 2.25. The standard InChI is InChI=1S/C7H9N3O3S/c1-4(2)6(11)9-7-8-3-5(14-7)10(12)13/h3-4H,1-2H3,(H,8,9,11). The van der Waals surface area contributed by atoms with Crippen molar-refractivity contribution in [3.8, 4) is 0 Å². The van der Waals surface area contributed by atoms with Gasteiger partial charge in [-0.05, 0) is 11.3 Å². The lowest BCUT2D eigenvalue weighted by Crippen LogP contribution is -2.17. The molecule has 0 aliphatic heterocycles. The Hall–Kier alpha value is -1.50. The molecule has 0 saturated carbocycles. The monoisotopic (exact) mass is 215 g/mol. The van der Waals surface area contributed by atoms with E-state index in [1.807, 2.05) is 0 Å². The molecule has 0 spiro atoms. The molecule has 1 heterocycles. The number of hydrogen-bond acceptors (Lipinski definition) is 5. The summed E-state index contributed by atoms with van der Waals surface area (Å²) in [5.74, 6) is -0.368. The molecule has 6 nitrogen and oxygen atoms in total. The van der Waals surface area contributed by atoms with Crippen molar-refractivity contribution in [3.63, 3.8) is 0 Å². The van der Waals surface area contributed by atoms with E-state index in [1.54, 1.807) is 13.8 Å². The third-order valence-corrected chi connectivity index (χ3v) is 2.29. The molecule has 0 bridgehead atoms. The highest BCUT2D eigenvalue weighted by molar-refractivity contribution is 7.18. The van der Waals surface area contributed by atoms with Gasteiger partial charge in [0.2, 0.25) is 5.91 Å². The Morgan fingerprint density at radius 2 is 2.36 bits per heavy atom. The third-order valence-electron chi connectivity index (χ3n) is 1.43. The van der Waals surface area contributed by atoms with E-state index in [2.05, 4.69) is 10.3 Å². The van der Waals surface area contributed by atoms with Crippen molar-refractivity contribution in [2.24, 2.45) is 5.92 Å². The average Bonchev–Trinajstić information content (AvgIpc) is 2.52. The Morgan fingerprint density at radius 1 is 1.71 bits per heavy atom. The maximum Gasteiger partial charge on any atom is 0.345 e. The highest BCUT2D eigenvalue weighted by atomic mass is 32.1. The number of carbonyl (C=O) groups is 1. The summed E-state index contributed by atoms with van der Waals surface area (Å²) in [6.45, 7) is 3.47. The van der Waals surface area contributed by atoms with Gasteiger partial charge in [-0.15, -0.1) is 0 Å². The number of nitrogens with zero attached hydrogens (tertiary/aromatic N) is 2. The topological polar surface area (TPSA) is 85.1 Å². The zero-order valence-corrected chi connectivity index (χ0v) is 8.50. The van der Waals surface area contributed by atoms with E-state index in [4.69, 9.17) is 0 Å². The summed E-state index contributed by atoms with van der Waals surface area (Å²) >= 11 is 0.845. The largest absolute Gasteiger partial charge is 0.345 e. The van der Waals surface area contributed by atoms with Gasteiger partial charge in [0.05, 0.1) is 4.92 Å². The molecule has 0 atom stereocenters. The number of rotatable bonds is 3. The molecule has 1 aromatic rings. The smallest absolute Gasteiger partial charge is 0.302 e. The summed E-state index contributed by atoms with van der Waals surface area (Å²) in [6.07, 6.45) is 1.13. The predicted molar refractivity (Wildman–Crippen MR) is 52.2 cm³/mol. The number of aromatic nitrogens is 1. The minimum Gasteiger partial charge on any atom is -0.302 e. The fourth-order valence-electron chi connectivity index (χ4n) is 0.658. The fraction of sp³-hybridized carbons (Fsp3) is 0.429. The summed E-state index contributed by atoms with van der Waals surface area (Å²) < 4.78 is 0. The Balaban J connectivity index is 2.69. The molecular formula is C7H9N3O3S. The van der Waals surface area contributed by atoms with E-state index in [0.29, 0.717) is 0 Å². The molecule has 0 radical (unpaired) electrons. The van der Waals surface area contributed by atoms with Crippen molar-refractivity contribution in [1.82, 2.24) is 4.98 Å². The SMILES string of the molecule is CC(C)C(=O)Nc1ncc([N+](=O)[O-])s1. The summed E-state index contributed by atoms with van der Waals surface area (Å²) in [6, 6.07) is 0. The van der Waals surface area contributed by atoms with Crippen LogP contribution in [0.1, 0.15) is 13.8 Å². The van der Waals surface area contributed by atoms with Gasteiger partial charge >= 0.3 is 5.00 Å². The van der Waals surface area contributed by atoms with Gasteiger partial charge in [0.1, 0.15) is 6.20 Å². The summed E-state index contributed by atoms with van der Waals surface area (Å²) in [4.78, 5) is 24.6. The molecule has 14 heavy (non-hydrogen) atoms. The van der Waals surface area contributed by atoms with Gasteiger partial charge in [-0.2, -0.15) is 0 Å². The molecule has 7 heteroatoms. The third kappa shape index (κ3) is 2.49. The maximum atomic E-state index is 11.2. The number of carbonyl (C=O) groups excluding carboxylic acids is 1. The Labute approximate surface area is 84.1 Å². The lowest BCUT2D eigenvalue weighted by atomic mass is 10.2. The normalized spacial score (nSPS) is 10.2.